The molecule has 0 unspecified atom stereocenters. The molecule has 0 spiro atoms. The minimum Gasteiger partial charge on any atom is -0.462 e. The van der Waals surface area contributed by atoms with Gasteiger partial charge in [0.15, 0.2) is 0 Å². The van der Waals surface area contributed by atoms with Crippen LogP contribution >= 0.6 is 0 Å². The number of hydrogen-bond donors (Lipinski definition) is 0. The smallest absolute Gasteiger partial charge is 0.302 e. The Morgan fingerprint density at radius 2 is 1.23 bits per heavy atom. The summed E-state index contributed by atoms with van der Waals surface area (Å²) in [7, 11) is 0. The van der Waals surface area contributed by atoms with Crippen LogP contribution in [0.4, 0.5) is 0 Å². The van der Waals surface area contributed by atoms with Crippen LogP contribution in [0.25, 0.3) is 0 Å². The second-order valence-corrected chi connectivity index (χ2v) is 5.74. The molecule has 0 N–H and O–H groups in total. The van der Waals surface area contributed by atoms with Crippen molar-refractivity contribution in [3.05, 3.63) is 34.9 Å². The second kappa shape index (κ2) is 13.1. The molecule has 0 saturated carbocycles. The maximum atomic E-state index is 10.7. The van der Waals surface area contributed by atoms with E-state index in [4.69, 9.17) is 4.74 Å². The number of rotatable bonds is 11. The van der Waals surface area contributed by atoms with E-state index in [9.17, 15) is 9.59 Å². The standard InChI is InChI=1S/C19H30O3/c1-16(8-5-10-17(2)12-7-14-20)9-6-11-18(3)13-15-22-19(4)21/h9-10,13-14H,5-8,11-12,15H2,1-4H3/b16-9+,17-10+,18-13+. The van der Waals surface area contributed by atoms with Crippen LogP contribution in [-0.2, 0) is 14.3 Å². The maximum Gasteiger partial charge on any atom is 0.302 e. The first kappa shape index (κ1) is 20.4. The van der Waals surface area contributed by atoms with Gasteiger partial charge in [-0.3, -0.25) is 4.79 Å². The third kappa shape index (κ3) is 13.3. The van der Waals surface area contributed by atoms with E-state index in [0.29, 0.717) is 13.0 Å². The SMILES string of the molecule is CC(=O)OC/C=C(\C)CC/C=C(\C)CC/C=C(\C)CCC=O. The van der Waals surface area contributed by atoms with Crippen molar-refractivity contribution in [2.24, 2.45) is 0 Å². The average Bonchev–Trinajstić information content (AvgIpc) is 2.44. The third-order valence-corrected chi connectivity index (χ3v) is 3.44. The number of esters is 1. The Labute approximate surface area is 135 Å². The lowest BCUT2D eigenvalue weighted by Crippen LogP contribution is -1.98. The number of ether oxygens (including phenoxy) is 1. The number of carbonyl (C=O) groups is 2. The van der Waals surface area contributed by atoms with E-state index in [2.05, 4.69) is 32.9 Å². The van der Waals surface area contributed by atoms with E-state index < -0.39 is 0 Å². The fourth-order valence-corrected chi connectivity index (χ4v) is 1.99. The van der Waals surface area contributed by atoms with Crippen LogP contribution in [0.5, 0.6) is 0 Å². The minimum atomic E-state index is -0.240. The molecule has 124 valence electrons. The predicted molar refractivity (Wildman–Crippen MR) is 91.7 cm³/mol. The maximum absolute atomic E-state index is 10.7. The van der Waals surface area contributed by atoms with Crippen LogP contribution in [0, 0.1) is 0 Å². The van der Waals surface area contributed by atoms with E-state index in [1.807, 2.05) is 6.08 Å². The quantitative estimate of drug-likeness (QED) is 0.309. The Kier molecular flexibility index (Phi) is 12.1. The van der Waals surface area contributed by atoms with E-state index in [-0.39, 0.29) is 5.97 Å². The topological polar surface area (TPSA) is 43.4 Å². The molecule has 0 aromatic carbocycles. The highest BCUT2D eigenvalue weighted by Gasteiger charge is 1.94. The molecule has 22 heavy (non-hydrogen) atoms. The normalized spacial score (nSPS) is 13.2. The Morgan fingerprint density at radius 3 is 1.68 bits per heavy atom. The zero-order valence-corrected chi connectivity index (χ0v) is 14.5. The summed E-state index contributed by atoms with van der Waals surface area (Å²) in [5.74, 6) is -0.240. The summed E-state index contributed by atoms with van der Waals surface area (Å²) in [5, 5.41) is 0. The second-order valence-electron chi connectivity index (χ2n) is 5.74. The number of allylic oxidation sites excluding steroid dienone is 5. The van der Waals surface area contributed by atoms with Crippen molar-refractivity contribution in [1.82, 2.24) is 0 Å². The Hall–Kier alpha value is -1.64. The Balaban J connectivity index is 3.93. The van der Waals surface area contributed by atoms with Gasteiger partial charge in [0, 0.05) is 13.3 Å². The molecule has 0 atom stereocenters. The highest BCUT2D eigenvalue weighted by molar-refractivity contribution is 5.66. The highest BCUT2D eigenvalue weighted by atomic mass is 16.5. The van der Waals surface area contributed by atoms with Gasteiger partial charge in [-0.15, -0.1) is 0 Å². The molecule has 0 aromatic rings. The number of hydrogen-bond acceptors (Lipinski definition) is 3. The van der Waals surface area contributed by atoms with Gasteiger partial charge in [0.1, 0.15) is 12.9 Å². The van der Waals surface area contributed by atoms with Crippen molar-refractivity contribution < 1.29 is 14.3 Å². The summed E-state index contributed by atoms with van der Waals surface area (Å²) in [6.45, 7) is 8.09. The van der Waals surface area contributed by atoms with Crippen molar-refractivity contribution in [3.63, 3.8) is 0 Å². The molecule has 0 aromatic heterocycles. The molecule has 3 heteroatoms. The molecule has 0 bridgehead atoms. The number of aldehydes is 1. The summed E-state index contributed by atoms with van der Waals surface area (Å²) >= 11 is 0. The van der Waals surface area contributed by atoms with Crippen LogP contribution < -0.4 is 0 Å². The minimum absolute atomic E-state index is 0.240. The molecule has 0 rings (SSSR count). The van der Waals surface area contributed by atoms with Gasteiger partial charge in [-0.2, -0.15) is 0 Å². The van der Waals surface area contributed by atoms with Crippen molar-refractivity contribution >= 4 is 12.3 Å². The van der Waals surface area contributed by atoms with E-state index >= 15 is 0 Å². The van der Waals surface area contributed by atoms with Crippen molar-refractivity contribution in [1.29, 1.82) is 0 Å². The summed E-state index contributed by atoms with van der Waals surface area (Å²) in [6, 6.07) is 0. The lowest BCUT2D eigenvalue weighted by Gasteiger charge is -2.02. The van der Waals surface area contributed by atoms with E-state index in [0.717, 1.165) is 38.4 Å². The molecule has 0 aliphatic heterocycles. The van der Waals surface area contributed by atoms with E-state index in [1.54, 1.807) is 0 Å². The summed E-state index contributed by atoms with van der Waals surface area (Å²) in [4.78, 5) is 21.0. The fourth-order valence-electron chi connectivity index (χ4n) is 1.99. The van der Waals surface area contributed by atoms with Crippen LogP contribution in [0.15, 0.2) is 34.9 Å². The zero-order chi connectivity index (χ0) is 16.8. The Morgan fingerprint density at radius 1 is 0.773 bits per heavy atom. The van der Waals surface area contributed by atoms with Crippen LogP contribution in [-0.4, -0.2) is 18.9 Å². The highest BCUT2D eigenvalue weighted by Crippen LogP contribution is 2.12. The molecule has 3 nitrogen and oxygen atoms in total. The average molecular weight is 306 g/mol. The molecule has 0 aliphatic rings. The first-order valence-corrected chi connectivity index (χ1v) is 7.99. The first-order chi connectivity index (χ1) is 10.5. The Bertz CT molecular complexity index is 428. The summed E-state index contributed by atoms with van der Waals surface area (Å²) < 4.78 is 4.88. The third-order valence-electron chi connectivity index (χ3n) is 3.44. The molecule has 0 aliphatic carbocycles. The molecular formula is C19H30O3. The monoisotopic (exact) mass is 306 g/mol. The molecular weight excluding hydrogens is 276 g/mol. The lowest BCUT2D eigenvalue weighted by molar-refractivity contribution is -0.139. The van der Waals surface area contributed by atoms with Gasteiger partial charge in [-0.05, 0) is 59.0 Å². The van der Waals surface area contributed by atoms with Gasteiger partial charge in [-0.25, -0.2) is 0 Å². The van der Waals surface area contributed by atoms with Gasteiger partial charge < -0.3 is 9.53 Å². The molecule has 0 radical (unpaired) electrons. The molecule has 0 heterocycles. The van der Waals surface area contributed by atoms with Gasteiger partial charge in [0.2, 0.25) is 0 Å². The predicted octanol–water partition coefficient (Wildman–Crippen LogP) is 4.93. The molecule has 0 saturated heterocycles. The van der Waals surface area contributed by atoms with Crippen molar-refractivity contribution in [3.8, 4) is 0 Å². The largest absolute Gasteiger partial charge is 0.462 e. The fraction of sp³-hybridized carbons (Fsp3) is 0.579. The van der Waals surface area contributed by atoms with Gasteiger partial charge in [0.25, 0.3) is 0 Å². The van der Waals surface area contributed by atoms with Gasteiger partial charge in [-0.1, -0.05) is 28.9 Å². The van der Waals surface area contributed by atoms with Crippen molar-refractivity contribution in [2.75, 3.05) is 6.61 Å². The molecule has 0 amide bonds. The van der Waals surface area contributed by atoms with Crippen LogP contribution in [0.3, 0.4) is 0 Å². The lowest BCUT2D eigenvalue weighted by atomic mass is 10.1. The summed E-state index contributed by atoms with van der Waals surface area (Å²) in [5.41, 5.74) is 3.94. The number of carbonyl (C=O) groups excluding carboxylic acids is 2. The van der Waals surface area contributed by atoms with Crippen LogP contribution in [0.1, 0.15) is 66.2 Å². The zero-order valence-electron chi connectivity index (χ0n) is 14.5. The van der Waals surface area contributed by atoms with Crippen molar-refractivity contribution in [2.45, 2.75) is 66.2 Å². The van der Waals surface area contributed by atoms with Gasteiger partial charge >= 0.3 is 5.97 Å². The molecule has 0 fully saturated rings. The van der Waals surface area contributed by atoms with E-state index in [1.165, 1.54) is 23.6 Å². The van der Waals surface area contributed by atoms with Crippen LogP contribution in [0.2, 0.25) is 0 Å². The first-order valence-electron chi connectivity index (χ1n) is 7.99. The summed E-state index contributed by atoms with van der Waals surface area (Å²) in [6.07, 6.45) is 13.0. The van der Waals surface area contributed by atoms with Gasteiger partial charge in [0.05, 0.1) is 0 Å².